The number of hydrogen-bond acceptors (Lipinski definition) is 2. The van der Waals surface area contributed by atoms with Crippen molar-refractivity contribution in [3.63, 3.8) is 0 Å². The van der Waals surface area contributed by atoms with E-state index in [9.17, 15) is 4.39 Å². The first-order valence-corrected chi connectivity index (χ1v) is 5.04. The molecule has 0 aliphatic carbocycles. The van der Waals surface area contributed by atoms with Gasteiger partial charge in [-0.15, -0.1) is 0 Å². The molecule has 0 saturated heterocycles. The summed E-state index contributed by atoms with van der Waals surface area (Å²) < 4.78 is 13.0. The van der Waals surface area contributed by atoms with Crippen LogP contribution in [0, 0.1) is 5.82 Å². The molecule has 0 fully saturated rings. The van der Waals surface area contributed by atoms with Crippen molar-refractivity contribution in [2.45, 2.75) is 0 Å². The van der Waals surface area contributed by atoms with Crippen LogP contribution in [0.4, 0.5) is 4.39 Å². The first kappa shape index (κ1) is 11.1. The summed E-state index contributed by atoms with van der Waals surface area (Å²) in [7, 11) is 0. The molecular formula is C13H11FN2O. The lowest BCUT2D eigenvalue weighted by Crippen LogP contribution is -2.12. The zero-order chi connectivity index (χ0) is 12.3. The lowest BCUT2D eigenvalue weighted by atomic mass is 10.0. The molecule has 2 aromatic carbocycles. The Morgan fingerprint density at radius 1 is 1.06 bits per heavy atom. The van der Waals surface area contributed by atoms with Crippen LogP contribution in [0.15, 0.2) is 53.7 Å². The van der Waals surface area contributed by atoms with Crippen LogP contribution in [0.2, 0.25) is 0 Å². The maximum absolute atomic E-state index is 13.0. The van der Waals surface area contributed by atoms with Gasteiger partial charge in [-0.05, 0) is 23.3 Å². The molecule has 4 heteroatoms. The fraction of sp³-hybridized carbons (Fsp3) is 0. The van der Waals surface area contributed by atoms with E-state index in [4.69, 9.17) is 10.9 Å². The molecule has 0 bridgehead atoms. The minimum atomic E-state index is -0.275. The third-order valence-electron chi connectivity index (χ3n) is 2.45. The van der Waals surface area contributed by atoms with E-state index in [1.807, 2.05) is 6.07 Å². The van der Waals surface area contributed by atoms with Crippen molar-refractivity contribution in [2.24, 2.45) is 10.9 Å². The van der Waals surface area contributed by atoms with Gasteiger partial charge in [-0.2, -0.15) is 0 Å². The van der Waals surface area contributed by atoms with Gasteiger partial charge in [-0.25, -0.2) is 4.39 Å². The highest BCUT2D eigenvalue weighted by molar-refractivity contribution is 5.97. The number of benzene rings is 2. The Bertz CT molecular complexity index is 550. The molecule has 0 spiro atoms. The molecule has 2 aromatic rings. The average molecular weight is 230 g/mol. The summed E-state index contributed by atoms with van der Waals surface area (Å²) in [6.07, 6.45) is 0. The standard InChI is InChI=1S/C13H11FN2O/c14-12-3-1-2-11(8-12)9-4-6-10(7-5-9)13(15)16-17/h1-8,17H,(H2,15,16). The van der Waals surface area contributed by atoms with Crippen molar-refractivity contribution in [1.82, 2.24) is 0 Å². The van der Waals surface area contributed by atoms with E-state index >= 15 is 0 Å². The number of nitrogens with two attached hydrogens (primary N) is 1. The van der Waals surface area contributed by atoms with Crippen LogP contribution in [0.5, 0.6) is 0 Å². The molecule has 0 aliphatic heterocycles. The first-order chi connectivity index (χ1) is 8.20. The van der Waals surface area contributed by atoms with E-state index in [1.165, 1.54) is 12.1 Å². The number of oxime groups is 1. The Morgan fingerprint density at radius 2 is 1.76 bits per heavy atom. The third kappa shape index (κ3) is 2.42. The van der Waals surface area contributed by atoms with Crippen LogP contribution in [-0.4, -0.2) is 11.0 Å². The molecule has 2 rings (SSSR count). The Balaban J connectivity index is 2.36. The van der Waals surface area contributed by atoms with Crippen LogP contribution >= 0.6 is 0 Å². The Labute approximate surface area is 98.0 Å². The lowest BCUT2D eigenvalue weighted by Gasteiger charge is -2.03. The highest BCUT2D eigenvalue weighted by Gasteiger charge is 2.01. The van der Waals surface area contributed by atoms with E-state index in [0.29, 0.717) is 5.56 Å². The van der Waals surface area contributed by atoms with Gasteiger partial charge in [0.2, 0.25) is 0 Å². The van der Waals surface area contributed by atoms with Gasteiger partial charge in [0.15, 0.2) is 5.84 Å². The number of halogens is 1. The van der Waals surface area contributed by atoms with Crippen molar-refractivity contribution < 1.29 is 9.60 Å². The molecular weight excluding hydrogens is 219 g/mol. The molecule has 0 aliphatic rings. The SMILES string of the molecule is N/C(=N\O)c1ccc(-c2cccc(F)c2)cc1. The number of nitrogens with zero attached hydrogens (tertiary/aromatic N) is 1. The summed E-state index contributed by atoms with van der Waals surface area (Å²) in [6.45, 7) is 0. The van der Waals surface area contributed by atoms with E-state index in [-0.39, 0.29) is 11.7 Å². The highest BCUT2D eigenvalue weighted by Crippen LogP contribution is 2.20. The fourth-order valence-electron chi connectivity index (χ4n) is 1.56. The third-order valence-corrected chi connectivity index (χ3v) is 2.45. The van der Waals surface area contributed by atoms with Crippen molar-refractivity contribution >= 4 is 5.84 Å². The normalized spacial score (nSPS) is 11.5. The summed E-state index contributed by atoms with van der Waals surface area (Å²) in [4.78, 5) is 0. The second-order valence-electron chi connectivity index (χ2n) is 3.57. The molecule has 17 heavy (non-hydrogen) atoms. The minimum Gasteiger partial charge on any atom is -0.409 e. The molecule has 3 N–H and O–H groups in total. The summed E-state index contributed by atoms with van der Waals surface area (Å²) >= 11 is 0. The average Bonchev–Trinajstić information content (AvgIpc) is 2.38. The van der Waals surface area contributed by atoms with E-state index < -0.39 is 0 Å². The van der Waals surface area contributed by atoms with Gasteiger partial charge in [0.25, 0.3) is 0 Å². The number of rotatable bonds is 2. The second kappa shape index (κ2) is 4.65. The van der Waals surface area contributed by atoms with Crippen LogP contribution in [0.25, 0.3) is 11.1 Å². The molecule has 0 aromatic heterocycles. The topological polar surface area (TPSA) is 58.6 Å². The summed E-state index contributed by atoms with van der Waals surface area (Å²) in [5, 5.41) is 11.4. The summed E-state index contributed by atoms with van der Waals surface area (Å²) in [5.41, 5.74) is 7.73. The summed E-state index contributed by atoms with van der Waals surface area (Å²) in [5.74, 6) is -0.223. The predicted molar refractivity (Wildman–Crippen MR) is 64.3 cm³/mol. The van der Waals surface area contributed by atoms with Crippen molar-refractivity contribution in [3.05, 3.63) is 59.9 Å². The second-order valence-corrected chi connectivity index (χ2v) is 3.57. The molecule has 0 radical (unpaired) electrons. The molecule has 3 nitrogen and oxygen atoms in total. The zero-order valence-electron chi connectivity index (χ0n) is 8.97. The van der Waals surface area contributed by atoms with Gasteiger partial charge in [-0.3, -0.25) is 0 Å². The van der Waals surface area contributed by atoms with Gasteiger partial charge in [-0.1, -0.05) is 41.6 Å². The predicted octanol–water partition coefficient (Wildman–Crippen LogP) is 2.59. The van der Waals surface area contributed by atoms with Crippen LogP contribution in [-0.2, 0) is 0 Å². The van der Waals surface area contributed by atoms with E-state index in [2.05, 4.69) is 5.16 Å². The van der Waals surface area contributed by atoms with Crippen molar-refractivity contribution in [1.29, 1.82) is 0 Å². The maximum Gasteiger partial charge on any atom is 0.170 e. The molecule has 0 saturated carbocycles. The number of hydrogen-bond donors (Lipinski definition) is 2. The monoisotopic (exact) mass is 230 g/mol. The first-order valence-electron chi connectivity index (χ1n) is 5.04. The van der Waals surface area contributed by atoms with Gasteiger partial charge in [0.05, 0.1) is 0 Å². The largest absolute Gasteiger partial charge is 0.409 e. The van der Waals surface area contributed by atoms with Crippen LogP contribution < -0.4 is 5.73 Å². The maximum atomic E-state index is 13.0. The van der Waals surface area contributed by atoms with Gasteiger partial charge >= 0.3 is 0 Å². The molecule has 86 valence electrons. The molecule has 0 amide bonds. The molecule has 0 heterocycles. The van der Waals surface area contributed by atoms with Gasteiger partial charge < -0.3 is 10.9 Å². The quantitative estimate of drug-likeness (QED) is 0.360. The molecule has 0 unspecified atom stereocenters. The van der Waals surface area contributed by atoms with Crippen LogP contribution in [0.1, 0.15) is 5.56 Å². The Kier molecular flexibility index (Phi) is 3.05. The Hall–Kier alpha value is -2.36. The lowest BCUT2D eigenvalue weighted by molar-refractivity contribution is 0.318. The minimum absolute atomic E-state index is 0.0517. The van der Waals surface area contributed by atoms with Gasteiger partial charge in [0.1, 0.15) is 5.82 Å². The smallest absolute Gasteiger partial charge is 0.170 e. The highest BCUT2D eigenvalue weighted by atomic mass is 19.1. The Morgan fingerprint density at radius 3 is 2.35 bits per heavy atom. The van der Waals surface area contributed by atoms with Crippen LogP contribution in [0.3, 0.4) is 0 Å². The van der Waals surface area contributed by atoms with E-state index in [1.54, 1.807) is 30.3 Å². The summed E-state index contributed by atoms with van der Waals surface area (Å²) in [6, 6.07) is 13.4. The van der Waals surface area contributed by atoms with Crippen molar-refractivity contribution in [2.75, 3.05) is 0 Å². The fourth-order valence-corrected chi connectivity index (χ4v) is 1.56. The van der Waals surface area contributed by atoms with E-state index in [0.717, 1.165) is 11.1 Å². The van der Waals surface area contributed by atoms with Gasteiger partial charge in [0, 0.05) is 5.56 Å². The molecule has 0 atom stereocenters. The zero-order valence-corrected chi connectivity index (χ0v) is 8.97. The number of amidine groups is 1. The van der Waals surface area contributed by atoms with Crippen molar-refractivity contribution in [3.8, 4) is 11.1 Å².